The van der Waals surface area contributed by atoms with E-state index in [0.717, 1.165) is 42.4 Å². The molecular weight excluding hydrogens is 352 g/mol. The monoisotopic (exact) mass is 398 g/mol. The van der Waals surface area contributed by atoms with Gasteiger partial charge in [0.15, 0.2) is 0 Å². The average molecular weight is 399 g/mol. The molecule has 3 fully saturated rings. The van der Waals surface area contributed by atoms with Gasteiger partial charge in [-0.3, -0.25) is 0 Å². The second-order valence-electron chi connectivity index (χ2n) is 12.2. The van der Waals surface area contributed by atoms with Crippen molar-refractivity contribution in [2.75, 3.05) is 0 Å². The third-order valence-electron chi connectivity index (χ3n) is 10.6. The largest absolute Gasteiger partial charge is 0.393 e. The van der Waals surface area contributed by atoms with Crippen molar-refractivity contribution in [2.24, 2.45) is 52.3 Å². The van der Waals surface area contributed by atoms with E-state index in [2.05, 4.69) is 59.8 Å². The van der Waals surface area contributed by atoms with E-state index in [-0.39, 0.29) is 6.10 Å². The number of hydrogen-bond donors (Lipinski definition) is 1. The summed E-state index contributed by atoms with van der Waals surface area (Å²) in [4.78, 5) is 0. The lowest BCUT2D eigenvalue weighted by Gasteiger charge is -2.58. The minimum atomic E-state index is -0.0866. The van der Waals surface area contributed by atoms with E-state index >= 15 is 0 Å². The van der Waals surface area contributed by atoms with Gasteiger partial charge in [0, 0.05) is 0 Å². The number of aliphatic hydroxyl groups is 1. The lowest BCUT2D eigenvalue weighted by Crippen LogP contribution is -2.50. The normalized spacial score (nSPS) is 46.8. The van der Waals surface area contributed by atoms with Crippen LogP contribution in [-0.4, -0.2) is 11.2 Å². The molecule has 0 amide bonds. The molecule has 1 heteroatoms. The van der Waals surface area contributed by atoms with E-state index in [4.69, 9.17) is 0 Å². The predicted octanol–water partition coefficient (Wildman–Crippen LogP) is 7.41. The van der Waals surface area contributed by atoms with Crippen LogP contribution in [0.4, 0.5) is 0 Å². The van der Waals surface area contributed by atoms with Crippen molar-refractivity contribution in [2.45, 2.75) is 99.0 Å². The summed E-state index contributed by atoms with van der Waals surface area (Å²) in [7, 11) is 0. The standard InChI is InChI=1S/C28H46O/c1-18(2)19(3)7-8-20(4)24-11-12-25-23-10-9-21-17-22(29)13-15-27(21,5)26(23)14-16-28(24,25)6/h7-9,18-20,22-26,29H,10-17H2,1-6H3/b8-7-/t19-,20+,22+,23+,24-,25+,26+,27+,28-/m1/s1. The Morgan fingerprint density at radius 2 is 1.72 bits per heavy atom. The van der Waals surface area contributed by atoms with Gasteiger partial charge in [-0.1, -0.05) is 65.3 Å². The van der Waals surface area contributed by atoms with Crippen LogP contribution in [0, 0.1) is 52.3 Å². The van der Waals surface area contributed by atoms with E-state index in [9.17, 15) is 5.11 Å². The molecule has 1 N–H and O–H groups in total. The van der Waals surface area contributed by atoms with Crippen LogP contribution in [0.3, 0.4) is 0 Å². The fourth-order valence-electron chi connectivity index (χ4n) is 8.25. The molecular formula is C28H46O. The smallest absolute Gasteiger partial charge is 0.0577 e. The van der Waals surface area contributed by atoms with E-state index in [1.807, 2.05) is 0 Å². The zero-order chi connectivity index (χ0) is 21.0. The van der Waals surface area contributed by atoms with Crippen LogP contribution in [0.5, 0.6) is 0 Å². The number of allylic oxidation sites excluding steroid dienone is 3. The third kappa shape index (κ3) is 3.58. The molecule has 1 nitrogen and oxygen atoms in total. The second-order valence-corrected chi connectivity index (χ2v) is 12.2. The van der Waals surface area contributed by atoms with Gasteiger partial charge in [0.2, 0.25) is 0 Å². The molecule has 4 rings (SSSR count). The fraction of sp³-hybridized carbons (Fsp3) is 0.857. The molecule has 29 heavy (non-hydrogen) atoms. The van der Waals surface area contributed by atoms with Crippen molar-refractivity contribution in [3.63, 3.8) is 0 Å². The number of rotatable bonds is 4. The van der Waals surface area contributed by atoms with E-state index in [1.54, 1.807) is 5.57 Å². The van der Waals surface area contributed by atoms with Crippen molar-refractivity contribution in [1.82, 2.24) is 0 Å². The molecule has 0 aromatic heterocycles. The number of fused-ring (bicyclic) bond motifs is 5. The number of hydrogen-bond acceptors (Lipinski definition) is 1. The van der Waals surface area contributed by atoms with Gasteiger partial charge in [0.25, 0.3) is 0 Å². The molecule has 0 spiro atoms. The molecule has 4 aliphatic carbocycles. The lowest BCUT2D eigenvalue weighted by atomic mass is 9.47. The molecule has 0 bridgehead atoms. The van der Waals surface area contributed by atoms with Crippen LogP contribution in [0.25, 0.3) is 0 Å². The second kappa shape index (κ2) is 7.85. The SMILES string of the molecule is CC(C)[C@H](C)/C=C\[C@H](C)[C@H]1CC[C@H]2[C@@H]3CC=C4C[C@@H](O)CC[C@]4(C)[C@H]3CC[C@]12C. The minimum Gasteiger partial charge on any atom is -0.393 e. The quantitative estimate of drug-likeness (QED) is 0.489. The minimum absolute atomic E-state index is 0.0866. The highest BCUT2D eigenvalue weighted by molar-refractivity contribution is 5.25. The Labute approximate surface area is 180 Å². The van der Waals surface area contributed by atoms with Gasteiger partial charge in [-0.05, 0) is 104 Å². The van der Waals surface area contributed by atoms with Crippen LogP contribution in [0.2, 0.25) is 0 Å². The summed E-state index contributed by atoms with van der Waals surface area (Å²) < 4.78 is 0. The maximum absolute atomic E-state index is 10.2. The highest BCUT2D eigenvalue weighted by Crippen LogP contribution is 2.67. The topological polar surface area (TPSA) is 20.2 Å². The van der Waals surface area contributed by atoms with Crippen molar-refractivity contribution in [3.8, 4) is 0 Å². The zero-order valence-corrected chi connectivity index (χ0v) is 20.0. The Hall–Kier alpha value is -0.560. The van der Waals surface area contributed by atoms with Crippen molar-refractivity contribution >= 4 is 0 Å². The molecule has 4 aliphatic rings. The van der Waals surface area contributed by atoms with Gasteiger partial charge in [-0.2, -0.15) is 0 Å². The summed E-state index contributed by atoms with van der Waals surface area (Å²) >= 11 is 0. The molecule has 0 radical (unpaired) electrons. The predicted molar refractivity (Wildman–Crippen MR) is 124 cm³/mol. The summed E-state index contributed by atoms with van der Waals surface area (Å²) in [5.41, 5.74) is 2.51. The first-order valence-electron chi connectivity index (χ1n) is 12.7. The van der Waals surface area contributed by atoms with Crippen LogP contribution >= 0.6 is 0 Å². The number of aliphatic hydroxyl groups excluding tert-OH is 1. The highest BCUT2D eigenvalue weighted by atomic mass is 16.3. The van der Waals surface area contributed by atoms with Gasteiger partial charge in [0.1, 0.15) is 0 Å². The summed E-state index contributed by atoms with van der Waals surface area (Å²) in [5.74, 6) is 5.63. The Bertz CT molecular complexity index is 659. The van der Waals surface area contributed by atoms with Gasteiger partial charge >= 0.3 is 0 Å². The molecule has 0 aromatic carbocycles. The van der Waals surface area contributed by atoms with Gasteiger partial charge < -0.3 is 5.11 Å². The van der Waals surface area contributed by atoms with Gasteiger partial charge in [0.05, 0.1) is 6.10 Å². The molecule has 3 saturated carbocycles. The summed E-state index contributed by atoms with van der Waals surface area (Å²) in [6.07, 6.45) is 17.7. The van der Waals surface area contributed by atoms with Crippen molar-refractivity contribution in [3.05, 3.63) is 23.8 Å². The molecule has 164 valence electrons. The fourth-order valence-corrected chi connectivity index (χ4v) is 8.25. The zero-order valence-electron chi connectivity index (χ0n) is 20.0. The van der Waals surface area contributed by atoms with Crippen LogP contribution < -0.4 is 0 Å². The molecule has 0 unspecified atom stereocenters. The van der Waals surface area contributed by atoms with Gasteiger partial charge in [-0.15, -0.1) is 0 Å². The van der Waals surface area contributed by atoms with Gasteiger partial charge in [-0.25, -0.2) is 0 Å². The Kier molecular flexibility index (Phi) is 5.86. The van der Waals surface area contributed by atoms with E-state index < -0.39 is 0 Å². The Balaban J connectivity index is 1.53. The molecule has 0 heterocycles. The van der Waals surface area contributed by atoms with Crippen LogP contribution in [0.15, 0.2) is 23.8 Å². The third-order valence-corrected chi connectivity index (χ3v) is 10.6. The van der Waals surface area contributed by atoms with Crippen LogP contribution in [-0.2, 0) is 0 Å². The average Bonchev–Trinajstić information content (AvgIpc) is 3.03. The first-order valence-corrected chi connectivity index (χ1v) is 12.7. The van der Waals surface area contributed by atoms with E-state index in [0.29, 0.717) is 22.7 Å². The molecule has 0 saturated heterocycles. The maximum Gasteiger partial charge on any atom is 0.0577 e. The van der Waals surface area contributed by atoms with Crippen LogP contribution in [0.1, 0.15) is 92.9 Å². The molecule has 0 aromatic rings. The Morgan fingerprint density at radius 3 is 2.45 bits per heavy atom. The highest BCUT2D eigenvalue weighted by Gasteiger charge is 2.58. The first kappa shape index (κ1) is 21.7. The summed E-state index contributed by atoms with van der Waals surface area (Å²) in [6, 6.07) is 0. The van der Waals surface area contributed by atoms with Crippen molar-refractivity contribution < 1.29 is 5.11 Å². The summed E-state index contributed by atoms with van der Waals surface area (Å²) in [6.45, 7) is 14.7. The van der Waals surface area contributed by atoms with Crippen molar-refractivity contribution in [1.29, 1.82) is 0 Å². The summed E-state index contributed by atoms with van der Waals surface area (Å²) in [5, 5.41) is 10.2. The molecule has 0 aliphatic heterocycles. The molecule has 9 atom stereocenters. The maximum atomic E-state index is 10.2. The first-order chi connectivity index (χ1) is 13.7. The lowest BCUT2D eigenvalue weighted by molar-refractivity contribution is -0.0540. The van der Waals surface area contributed by atoms with E-state index in [1.165, 1.54) is 38.5 Å². The Morgan fingerprint density at radius 1 is 0.966 bits per heavy atom.